The predicted octanol–water partition coefficient (Wildman–Crippen LogP) is 3.98. The van der Waals surface area contributed by atoms with Gasteiger partial charge in [0.1, 0.15) is 5.82 Å². The Bertz CT molecular complexity index is 662. The van der Waals surface area contributed by atoms with Gasteiger partial charge < -0.3 is 4.90 Å². The fourth-order valence-electron chi connectivity index (χ4n) is 3.05. The van der Waals surface area contributed by atoms with Gasteiger partial charge in [0.2, 0.25) is 0 Å². The maximum absolute atomic E-state index is 11.5. The number of rotatable bonds is 5. The number of nitrogens with zero attached hydrogens (tertiary/aromatic N) is 2. The third-order valence-corrected chi connectivity index (χ3v) is 4.57. The standard InChI is InChI=1S/C18H22N2O/c1-3-20(11-14-7-5-8-14)18-16(12-21)10-15-9-4-6-13(2)17(15)19-18/h4,6,9-10,12,14H,3,5,7-8,11H2,1-2H3. The van der Waals surface area contributed by atoms with Crippen molar-refractivity contribution in [2.45, 2.75) is 33.1 Å². The molecule has 0 radical (unpaired) electrons. The molecule has 1 heterocycles. The first kappa shape index (κ1) is 14.1. The van der Waals surface area contributed by atoms with E-state index in [1.807, 2.05) is 18.2 Å². The number of aldehydes is 1. The topological polar surface area (TPSA) is 33.2 Å². The van der Waals surface area contributed by atoms with Crippen molar-refractivity contribution in [1.29, 1.82) is 0 Å². The number of carbonyl (C=O) groups is 1. The van der Waals surface area contributed by atoms with Gasteiger partial charge in [-0.3, -0.25) is 4.79 Å². The SMILES string of the molecule is CCN(CC1CCC1)c1nc2c(C)cccc2cc1C=O. The molecule has 1 saturated carbocycles. The maximum Gasteiger partial charge on any atom is 0.153 e. The molecule has 0 spiro atoms. The largest absolute Gasteiger partial charge is 0.356 e. The Labute approximate surface area is 126 Å². The van der Waals surface area contributed by atoms with Crippen LogP contribution in [0.3, 0.4) is 0 Å². The van der Waals surface area contributed by atoms with Crippen LogP contribution in [0.15, 0.2) is 24.3 Å². The molecule has 1 aromatic heterocycles. The zero-order chi connectivity index (χ0) is 14.8. The predicted molar refractivity (Wildman–Crippen MR) is 87.1 cm³/mol. The fourth-order valence-corrected chi connectivity index (χ4v) is 3.05. The Morgan fingerprint density at radius 3 is 2.81 bits per heavy atom. The minimum atomic E-state index is 0.703. The number of para-hydroxylation sites is 1. The molecule has 0 amide bonds. The highest BCUT2D eigenvalue weighted by molar-refractivity contribution is 5.93. The average Bonchev–Trinajstić information content (AvgIpc) is 2.46. The molecule has 2 aromatic rings. The number of pyridine rings is 1. The summed E-state index contributed by atoms with van der Waals surface area (Å²) in [5, 5.41) is 1.04. The van der Waals surface area contributed by atoms with Crippen molar-refractivity contribution >= 4 is 23.0 Å². The second-order valence-electron chi connectivity index (χ2n) is 6.00. The van der Waals surface area contributed by atoms with Gasteiger partial charge in [0.25, 0.3) is 0 Å². The van der Waals surface area contributed by atoms with Gasteiger partial charge >= 0.3 is 0 Å². The van der Waals surface area contributed by atoms with Crippen LogP contribution in [0, 0.1) is 12.8 Å². The molecule has 0 bridgehead atoms. The van der Waals surface area contributed by atoms with Crippen molar-refractivity contribution < 1.29 is 4.79 Å². The summed E-state index contributed by atoms with van der Waals surface area (Å²) in [6.45, 7) is 6.11. The zero-order valence-corrected chi connectivity index (χ0v) is 12.8. The summed E-state index contributed by atoms with van der Waals surface area (Å²) in [5.41, 5.74) is 2.87. The number of fused-ring (bicyclic) bond motifs is 1. The number of aromatic nitrogens is 1. The van der Waals surface area contributed by atoms with Gasteiger partial charge in [-0.2, -0.15) is 0 Å². The van der Waals surface area contributed by atoms with E-state index in [0.29, 0.717) is 5.56 Å². The van der Waals surface area contributed by atoms with E-state index in [1.165, 1.54) is 19.3 Å². The minimum absolute atomic E-state index is 0.703. The Kier molecular flexibility index (Phi) is 3.91. The van der Waals surface area contributed by atoms with Gasteiger partial charge in [0.05, 0.1) is 11.1 Å². The third-order valence-electron chi connectivity index (χ3n) is 4.57. The molecule has 0 atom stereocenters. The lowest BCUT2D eigenvalue weighted by molar-refractivity contribution is 0.112. The van der Waals surface area contributed by atoms with Crippen molar-refractivity contribution in [2.24, 2.45) is 5.92 Å². The summed E-state index contributed by atoms with van der Waals surface area (Å²) in [5.74, 6) is 1.61. The van der Waals surface area contributed by atoms with Crippen LogP contribution in [0.25, 0.3) is 10.9 Å². The molecule has 0 saturated heterocycles. The second kappa shape index (κ2) is 5.84. The highest BCUT2D eigenvalue weighted by atomic mass is 16.1. The lowest BCUT2D eigenvalue weighted by Crippen LogP contribution is -2.33. The molecule has 3 nitrogen and oxygen atoms in total. The first-order valence-electron chi connectivity index (χ1n) is 7.83. The highest BCUT2D eigenvalue weighted by Gasteiger charge is 2.22. The van der Waals surface area contributed by atoms with E-state index in [-0.39, 0.29) is 0 Å². The van der Waals surface area contributed by atoms with E-state index < -0.39 is 0 Å². The van der Waals surface area contributed by atoms with Crippen LogP contribution < -0.4 is 4.90 Å². The number of hydrogen-bond acceptors (Lipinski definition) is 3. The first-order chi connectivity index (χ1) is 10.2. The van der Waals surface area contributed by atoms with E-state index in [9.17, 15) is 4.79 Å². The fraction of sp³-hybridized carbons (Fsp3) is 0.444. The number of benzene rings is 1. The summed E-state index contributed by atoms with van der Waals surface area (Å²) in [6.07, 6.45) is 4.89. The molecule has 1 aliphatic carbocycles. The van der Waals surface area contributed by atoms with Crippen LogP contribution in [-0.2, 0) is 0 Å². The van der Waals surface area contributed by atoms with Gasteiger partial charge in [-0.25, -0.2) is 4.98 Å². The Morgan fingerprint density at radius 1 is 1.38 bits per heavy atom. The van der Waals surface area contributed by atoms with Crippen LogP contribution >= 0.6 is 0 Å². The van der Waals surface area contributed by atoms with Crippen LogP contribution in [0.2, 0.25) is 0 Å². The number of carbonyl (C=O) groups excluding carboxylic acids is 1. The lowest BCUT2D eigenvalue weighted by Gasteiger charge is -2.33. The second-order valence-corrected chi connectivity index (χ2v) is 6.00. The van der Waals surface area contributed by atoms with Gasteiger partial charge in [0, 0.05) is 18.5 Å². The molecule has 0 unspecified atom stereocenters. The van der Waals surface area contributed by atoms with Crippen molar-refractivity contribution in [2.75, 3.05) is 18.0 Å². The van der Waals surface area contributed by atoms with Crippen molar-refractivity contribution in [3.05, 3.63) is 35.4 Å². The Hall–Kier alpha value is -1.90. The van der Waals surface area contributed by atoms with Gasteiger partial charge in [-0.1, -0.05) is 24.6 Å². The minimum Gasteiger partial charge on any atom is -0.356 e. The monoisotopic (exact) mass is 282 g/mol. The van der Waals surface area contributed by atoms with Crippen molar-refractivity contribution in [1.82, 2.24) is 4.98 Å². The molecule has 3 rings (SSSR count). The van der Waals surface area contributed by atoms with Gasteiger partial charge in [-0.05, 0) is 44.2 Å². The summed E-state index contributed by atoms with van der Waals surface area (Å²) in [4.78, 5) is 18.6. The highest BCUT2D eigenvalue weighted by Crippen LogP contribution is 2.30. The number of anilines is 1. The summed E-state index contributed by atoms with van der Waals surface area (Å²) in [6, 6.07) is 8.08. The summed E-state index contributed by atoms with van der Waals surface area (Å²) >= 11 is 0. The first-order valence-corrected chi connectivity index (χ1v) is 7.83. The molecule has 21 heavy (non-hydrogen) atoms. The summed E-state index contributed by atoms with van der Waals surface area (Å²) < 4.78 is 0. The van der Waals surface area contributed by atoms with Crippen LogP contribution in [0.1, 0.15) is 42.1 Å². The Balaban J connectivity index is 2.05. The van der Waals surface area contributed by atoms with Crippen LogP contribution in [0.5, 0.6) is 0 Å². The molecule has 1 aromatic carbocycles. The Morgan fingerprint density at radius 2 is 2.19 bits per heavy atom. The number of aryl methyl sites for hydroxylation is 1. The van der Waals surface area contributed by atoms with Crippen molar-refractivity contribution in [3.8, 4) is 0 Å². The molecule has 0 N–H and O–H groups in total. The molecular formula is C18H22N2O. The lowest BCUT2D eigenvalue weighted by atomic mass is 9.85. The van der Waals surface area contributed by atoms with E-state index in [4.69, 9.17) is 4.98 Å². The normalized spacial score (nSPS) is 15.0. The molecule has 1 fully saturated rings. The zero-order valence-electron chi connectivity index (χ0n) is 12.8. The molecule has 0 aliphatic heterocycles. The van der Waals surface area contributed by atoms with Gasteiger partial charge in [0.15, 0.2) is 6.29 Å². The third kappa shape index (κ3) is 2.65. The molecule has 1 aliphatic rings. The van der Waals surface area contributed by atoms with E-state index in [0.717, 1.165) is 47.6 Å². The summed E-state index contributed by atoms with van der Waals surface area (Å²) in [7, 11) is 0. The van der Waals surface area contributed by atoms with E-state index in [1.54, 1.807) is 0 Å². The molecular weight excluding hydrogens is 260 g/mol. The molecule has 110 valence electrons. The number of hydrogen-bond donors (Lipinski definition) is 0. The van der Waals surface area contributed by atoms with Crippen LogP contribution in [-0.4, -0.2) is 24.4 Å². The van der Waals surface area contributed by atoms with E-state index in [2.05, 4.69) is 24.8 Å². The molecule has 3 heteroatoms. The maximum atomic E-state index is 11.5. The van der Waals surface area contributed by atoms with Crippen LogP contribution in [0.4, 0.5) is 5.82 Å². The van der Waals surface area contributed by atoms with E-state index >= 15 is 0 Å². The van der Waals surface area contributed by atoms with Crippen molar-refractivity contribution in [3.63, 3.8) is 0 Å². The average molecular weight is 282 g/mol. The quantitative estimate of drug-likeness (QED) is 0.778. The van der Waals surface area contributed by atoms with Gasteiger partial charge in [-0.15, -0.1) is 0 Å². The smallest absolute Gasteiger partial charge is 0.153 e.